The summed E-state index contributed by atoms with van der Waals surface area (Å²) >= 11 is 0. The number of benzene rings is 2. The van der Waals surface area contributed by atoms with E-state index in [4.69, 9.17) is 4.74 Å². The summed E-state index contributed by atoms with van der Waals surface area (Å²) in [5.74, 6) is 1.21. The molecule has 0 spiro atoms. The molecule has 1 fully saturated rings. The Bertz CT molecular complexity index is 1040. The molecule has 6 nitrogen and oxygen atoms in total. The molecule has 0 saturated carbocycles. The van der Waals surface area contributed by atoms with Crippen LogP contribution in [0.1, 0.15) is 30.7 Å². The van der Waals surface area contributed by atoms with Gasteiger partial charge in [-0.25, -0.2) is 4.98 Å². The molecule has 0 atom stereocenters. The molecule has 0 unspecified atom stereocenters. The monoisotopic (exact) mass is 386 g/mol. The van der Waals surface area contributed by atoms with Crippen molar-refractivity contribution in [2.45, 2.75) is 19.3 Å². The van der Waals surface area contributed by atoms with E-state index >= 15 is 0 Å². The molecule has 1 aliphatic heterocycles. The first-order chi connectivity index (χ1) is 14.2. The van der Waals surface area contributed by atoms with E-state index in [1.165, 1.54) is 6.42 Å². The van der Waals surface area contributed by atoms with Gasteiger partial charge in [0.1, 0.15) is 17.6 Å². The lowest BCUT2D eigenvalue weighted by Gasteiger charge is -2.26. The second kappa shape index (κ2) is 8.61. The molecule has 4 rings (SSSR count). The van der Waals surface area contributed by atoms with Gasteiger partial charge in [-0.1, -0.05) is 24.3 Å². The van der Waals surface area contributed by atoms with E-state index in [1.807, 2.05) is 53.4 Å². The number of nitrogens with zero attached hydrogens (tertiary/aromatic N) is 3. The summed E-state index contributed by atoms with van der Waals surface area (Å²) in [6, 6.07) is 17.2. The highest BCUT2D eigenvalue weighted by atomic mass is 16.5. The normalized spacial score (nSPS) is 14.6. The number of imidazole rings is 1. The topological polar surface area (TPSA) is 82.0 Å². The molecule has 2 heterocycles. The summed E-state index contributed by atoms with van der Waals surface area (Å²) in [6.45, 7) is 1.70. The number of aromatic amines is 1. The maximum absolute atomic E-state index is 12.2. The van der Waals surface area contributed by atoms with Crippen molar-refractivity contribution < 1.29 is 9.53 Å². The number of hydrogen-bond donors (Lipinski definition) is 1. The predicted octanol–water partition coefficient (Wildman–Crippen LogP) is 4.02. The smallest absolute Gasteiger partial charge is 0.260 e. The first-order valence-corrected chi connectivity index (χ1v) is 9.80. The van der Waals surface area contributed by atoms with Crippen LogP contribution < -0.4 is 4.74 Å². The summed E-state index contributed by atoms with van der Waals surface area (Å²) in [5, 5.41) is 9.54. The lowest BCUT2D eigenvalue weighted by Crippen LogP contribution is -2.38. The number of amides is 1. The van der Waals surface area contributed by atoms with Gasteiger partial charge in [0.05, 0.1) is 16.6 Å². The van der Waals surface area contributed by atoms with Crippen LogP contribution in [0.15, 0.2) is 48.5 Å². The van der Waals surface area contributed by atoms with Crippen LogP contribution in [0.2, 0.25) is 0 Å². The third-order valence-electron chi connectivity index (χ3n) is 5.03. The third-order valence-corrected chi connectivity index (χ3v) is 5.03. The number of fused-ring (bicyclic) bond motifs is 1. The SMILES string of the molecule is N#C/C(=C\c1ccc(OCC(=O)N2CCCCC2)cc1)c1nc2ccccc2[nH]1. The van der Waals surface area contributed by atoms with Crippen molar-refractivity contribution in [3.8, 4) is 11.8 Å². The standard InChI is InChI=1S/C23H22N4O2/c24-15-18(23-25-20-6-2-3-7-21(20)26-23)14-17-8-10-19(11-9-17)29-16-22(28)27-12-4-1-5-13-27/h2-3,6-11,14H,1,4-5,12-13,16H2,(H,25,26)/b18-14+. The van der Waals surface area contributed by atoms with E-state index in [0.717, 1.165) is 42.5 Å². The summed E-state index contributed by atoms with van der Waals surface area (Å²) in [4.78, 5) is 21.7. The van der Waals surface area contributed by atoms with Gasteiger partial charge in [-0.15, -0.1) is 0 Å². The van der Waals surface area contributed by atoms with Crippen molar-refractivity contribution in [1.82, 2.24) is 14.9 Å². The van der Waals surface area contributed by atoms with E-state index < -0.39 is 0 Å². The number of nitrogens with one attached hydrogen (secondary N) is 1. The largest absolute Gasteiger partial charge is 0.484 e. The number of H-pyrrole nitrogens is 1. The number of carbonyl (C=O) groups excluding carboxylic acids is 1. The summed E-state index contributed by atoms with van der Waals surface area (Å²) < 4.78 is 5.64. The van der Waals surface area contributed by atoms with Gasteiger partial charge in [0.2, 0.25) is 0 Å². The van der Waals surface area contributed by atoms with Crippen molar-refractivity contribution >= 4 is 28.6 Å². The number of hydrogen-bond acceptors (Lipinski definition) is 4. The number of rotatable bonds is 5. The molecule has 1 saturated heterocycles. The first kappa shape index (κ1) is 18.8. The second-order valence-electron chi connectivity index (χ2n) is 7.07. The van der Waals surface area contributed by atoms with Crippen LogP contribution in [0.25, 0.3) is 22.7 Å². The molecule has 29 heavy (non-hydrogen) atoms. The van der Waals surface area contributed by atoms with Crippen LogP contribution in [0.4, 0.5) is 0 Å². The molecule has 3 aromatic rings. The average molecular weight is 386 g/mol. The Morgan fingerprint density at radius 2 is 1.90 bits per heavy atom. The van der Waals surface area contributed by atoms with E-state index in [1.54, 1.807) is 6.08 Å². The van der Waals surface area contributed by atoms with E-state index in [9.17, 15) is 10.1 Å². The van der Waals surface area contributed by atoms with Crippen LogP contribution in [0.3, 0.4) is 0 Å². The van der Waals surface area contributed by atoms with Crippen molar-refractivity contribution in [1.29, 1.82) is 5.26 Å². The highest BCUT2D eigenvalue weighted by Crippen LogP contribution is 2.21. The van der Waals surface area contributed by atoms with Crippen molar-refractivity contribution in [3.05, 3.63) is 59.9 Å². The molecular formula is C23H22N4O2. The molecule has 6 heteroatoms. The Balaban J connectivity index is 1.42. The van der Waals surface area contributed by atoms with Crippen LogP contribution in [0, 0.1) is 11.3 Å². The maximum atomic E-state index is 12.2. The zero-order valence-electron chi connectivity index (χ0n) is 16.1. The average Bonchev–Trinajstić information content (AvgIpc) is 3.21. The van der Waals surface area contributed by atoms with E-state index in [-0.39, 0.29) is 12.5 Å². The lowest BCUT2D eigenvalue weighted by atomic mass is 10.1. The maximum Gasteiger partial charge on any atom is 0.260 e. The fourth-order valence-corrected chi connectivity index (χ4v) is 3.44. The van der Waals surface area contributed by atoms with Crippen LogP contribution in [-0.2, 0) is 4.79 Å². The van der Waals surface area contributed by atoms with Gasteiger partial charge in [-0.3, -0.25) is 4.79 Å². The van der Waals surface area contributed by atoms with E-state index in [2.05, 4.69) is 16.0 Å². The van der Waals surface area contributed by atoms with Gasteiger partial charge in [0.15, 0.2) is 6.61 Å². The Morgan fingerprint density at radius 3 is 2.62 bits per heavy atom. The number of likely N-dealkylation sites (tertiary alicyclic amines) is 1. The summed E-state index contributed by atoms with van der Waals surface area (Å²) in [5.41, 5.74) is 3.03. The minimum absolute atomic E-state index is 0.0327. The fraction of sp³-hybridized carbons (Fsp3) is 0.261. The molecule has 1 aromatic heterocycles. The highest BCUT2D eigenvalue weighted by molar-refractivity contribution is 5.90. The minimum atomic E-state index is 0.0327. The molecular weight excluding hydrogens is 364 g/mol. The van der Waals surface area contributed by atoms with Gasteiger partial charge in [0.25, 0.3) is 5.91 Å². The Kier molecular flexibility index (Phi) is 5.57. The Labute approximate surface area is 169 Å². The number of carbonyl (C=O) groups is 1. The van der Waals surface area contributed by atoms with Crippen molar-refractivity contribution in [2.24, 2.45) is 0 Å². The molecule has 2 aromatic carbocycles. The van der Waals surface area contributed by atoms with Crippen molar-refractivity contribution in [2.75, 3.05) is 19.7 Å². The molecule has 1 aliphatic rings. The lowest BCUT2D eigenvalue weighted by molar-refractivity contribution is -0.134. The van der Waals surface area contributed by atoms with Crippen LogP contribution >= 0.6 is 0 Å². The van der Waals surface area contributed by atoms with Crippen molar-refractivity contribution in [3.63, 3.8) is 0 Å². The number of nitriles is 1. The van der Waals surface area contributed by atoms with Gasteiger partial charge in [-0.05, 0) is 55.2 Å². The van der Waals surface area contributed by atoms with Gasteiger partial charge >= 0.3 is 0 Å². The van der Waals surface area contributed by atoms with Gasteiger partial charge in [0, 0.05) is 13.1 Å². The van der Waals surface area contributed by atoms with E-state index in [0.29, 0.717) is 17.1 Å². The minimum Gasteiger partial charge on any atom is -0.484 e. The fourth-order valence-electron chi connectivity index (χ4n) is 3.44. The zero-order valence-corrected chi connectivity index (χ0v) is 16.1. The molecule has 1 N–H and O–H groups in total. The van der Waals surface area contributed by atoms with Crippen LogP contribution in [-0.4, -0.2) is 40.5 Å². The number of ether oxygens (including phenoxy) is 1. The number of aromatic nitrogens is 2. The molecule has 0 aliphatic carbocycles. The van der Waals surface area contributed by atoms with Gasteiger partial charge < -0.3 is 14.6 Å². The number of allylic oxidation sites excluding steroid dienone is 1. The third kappa shape index (κ3) is 4.46. The molecule has 1 amide bonds. The highest BCUT2D eigenvalue weighted by Gasteiger charge is 2.16. The first-order valence-electron chi connectivity index (χ1n) is 9.80. The zero-order chi connectivity index (χ0) is 20.1. The van der Waals surface area contributed by atoms with Gasteiger partial charge in [-0.2, -0.15) is 5.26 Å². The Morgan fingerprint density at radius 1 is 1.14 bits per heavy atom. The molecule has 0 bridgehead atoms. The van der Waals surface area contributed by atoms with Crippen LogP contribution in [0.5, 0.6) is 5.75 Å². The number of piperidine rings is 1. The quantitative estimate of drug-likeness (QED) is 0.672. The summed E-state index contributed by atoms with van der Waals surface area (Å²) in [6.07, 6.45) is 5.11. The predicted molar refractivity (Wildman–Crippen MR) is 112 cm³/mol. The molecule has 146 valence electrons. The Hall–Kier alpha value is -3.59. The second-order valence-corrected chi connectivity index (χ2v) is 7.07. The molecule has 0 radical (unpaired) electrons. The summed E-state index contributed by atoms with van der Waals surface area (Å²) in [7, 11) is 0. The number of para-hydroxylation sites is 2.